The number of carbonyl (C=O) groups is 1. The number of para-hydroxylation sites is 1. The molecule has 1 saturated heterocycles. The van der Waals surface area contributed by atoms with E-state index in [1.165, 1.54) is 0 Å². The van der Waals surface area contributed by atoms with Crippen LogP contribution in [0.2, 0.25) is 0 Å². The highest BCUT2D eigenvalue weighted by atomic mass is 16.2. The Bertz CT molecular complexity index is 647. The minimum Gasteiger partial charge on any atom is -0.309 e. The summed E-state index contributed by atoms with van der Waals surface area (Å²) in [5.74, 6) is 0.240. The lowest BCUT2D eigenvalue weighted by molar-refractivity contribution is -0.134. The summed E-state index contributed by atoms with van der Waals surface area (Å²) in [5, 5.41) is 1.08. The summed E-state index contributed by atoms with van der Waals surface area (Å²) < 4.78 is 0. The van der Waals surface area contributed by atoms with Gasteiger partial charge >= 0.3 is 0 Å². The molecule has 20 heavy (non-hydrogen) atoms. The number of anilines is 1. The minimum absolute atomic E-state index is 0.174. The van der Waals surface area contributed by atoms with Gasteiger partial charge < -0.3 is 4.90 Å². The number of hydrogen-bond donors (Lipinski definition) is 0. The molecule has 3 rings (SSSR count). The van der Waals surface area contributed by atoms with Crippen LogP contribution in [0.15, 0.2) is 36.5 Å². The number of carbonyl (C=O) groups excluding carboxylic acids is 1. The lowest BCUT2D eigenvalue weighted by Gasteiger charge is -2.47. The predicted molar refractivity (Wildman–Crippen MR) is 81.7 cm³/mol. The van der Waals surface area contributed by atoms with Gasteiger partial charge in [0.1, 0.15) is 0 Å². The third kappa shape index (κ3) is 1.98. The zero-order chi connectivity index (χ0) is 14.2. The van der Waals surface area contributed by atoms with Gasteiger partial charge in [-0.15, -0.1) is 0 Å². The molecule has 104 valence electrons. The van der Waals surface area contributed by atoms with Crippen molar-refractivity contribution in [2.75, 3.05) is 11.4 Å². The van der Waals surface area contributed by atoms with Crippen molar-refractivity contribution in [2.45, 2.75) is 33.1 Å². The van der Waals surface area contributed by atoms with Gasteiger partial charge in [-0.3, -0.25) is 9.78 Å². The van der Waals surface area contributed by atoms with E-state index < -0.39 is 0 Å². The highest BCUT2D eigenvalue weighted by Crippen LogP contribution is 2.41. The van der Waals surface area contributed by atoms with Crippen LogP contribution in [-0.4, -0.2) is 17.4 Å². The average Bonchev–Trinajstić information content (AvgIpc) is 2.50. The number of β-lactam (4-membered cyclic amide) rings is 1. The first-order valence-corrected chi connectivity index (χ1v) is 7.31. The van der Waals surface area contributed by atoms with Crippen LogP contribution in [0.5, 0.6) is 0 Å². The van der Waals surface area contributed by atoms with Gasteiger partial charge in [-0.25, -0.2) is 0 Å². The van der Waals surface area contributed by atoms with Crippen LogP contribution in [0.4, 0.5) is 5.69 Å². The number of aromatic nitrogens is 1. The summed E-state index contributed by atoms with van der Waals surface area (Å²) in [5.41, 5.74) is 1.69. The molecule has 0 radical (unpaired) electrons. The highest BCUT2D eigenvalue weighted by molar-refractivity contribution is 6.09. The quantitative estimate of drug-likeness (QED) is 0.791. The number of nitrogens with zero attached hydrogens (tertiary/aromatic N) is 2. The Morgan fingerprint density at radius 2 is 2.10 bits per heavy atom. The number of unbranched alkanes of at least 4 members (excludes halogenated alkanes) is 1. The molecule has 1 amide bonds. The van der Waals surface area contributed by atoms with Gasteiger partial charge in [-0.05, 0) is 25.5 Å². The van der Waals surface area contributed by atoms with Crippen molar-refractivity contribution in [1.82, 2.24) is 4.98 Å². The molecular formula is C17H20N2O. The molecule has 3 nitrogen and oxygen atoms in total. The van der Waals surface area contributed by atoms with Crippen LogP contribution in [0, 0.1) is 5.41 Å². The van der Waals surface area contributed by atoms with Crippen molar-refractivity contribution in [3.05, 3.63) is 36.5 Å². The minimum atomic E-state index is -0.174. The molecule has 1 unspecified atom stereocenters. The van der Waals surface area contributed by atoms with E-state index in [4.69, 9.17) is 0 Å². The molecule has 0 saturated carbocycles. The maximum atomic E-state index is 12.5. The normalized spacial score (nSPS) is 22.1. The lowest BCUT2D eigenvalue weighted by atomic mass is 9.76. The summed E-state index contributed by atoms with van der Waals surface area (Å²) in [6, 6.07) is 9.98. The van der Waals surface area contributed by atoms with Crippen molar-refractivity contribution in [3.8, 4) is 0 Å². The third-order valence-electron chi connectivity index (χ3n) is 4.25. The second-order valence-corrected chi connectivity index (χ2v) is 5.91. The molecule has 1 aliphatic heterocycles. The number of pyridine rings is 1. The van der Waals surface area contributed by atoms with Crippen LogP contribution in [0.1, 0.15) is 33.1 Å². The molecule has 1 aromatic heterocycles. The third-order valence-corrected chi connectivity index (χ3v) is 4.25. The first-order valence-electron chi connectivity index (χ1n) is 7.31. The van der Waals surface area contributed by atoms with E-state index in [9.17, 15) is 4.79 Å². The Kier molecular flexibility index (Phi) is 3.20. The SMILES string of the molecule is CCCCC1(C)CN(c2cccc3cccnc23)C1=O. The van der Waals surface area contributed by atoms with Crippen molar-refractivity contribution in [1.29, 1.82) is 0 Å². The van der Waals surface area contributed by atoms with Crippen molar-refractivity contribution in [2.24, 2.45) is 5.41 Å². The van der Waals surface area contributed by atoms with Gasteiger partial charge in [0.05, 0.1) is 16.6 Å². The number of rotatable bonds is 4. The van der Waals surface area contributed by atoms with Gasteiger partial charge in [0.25, 0.3) is 0 Å². The Morgan fingerprint density at radius 1 is 1.30 bits per heavy atom. The van der Waals surface area contributed by atoms with E-state index in [0.29, 0.717) is 0 Å². The van der Waals surface area contributed by atoms with Gasteiger partial charge in [-0.1, -0.05) is 38.0 Å². The van der Waals surface area contributed by atoms with Crippen LogP contribution in [0.3, 0.4) is 0 Å². The molecule has 0 N–H and O–H groups in total. The molecule has 2 aromatic rings. The summed E-state index contributed by atoms with van der Waals surface area (Å²) in [6.45, 7) is 5.06. The maximum absolute atomic E-state index is 12.5. The maximum Gasteiger partial charge on any atom is 0.234 e. The van der Waals surface area contributed by atoms with E-state index in [1.807, 2.05) is 35.2 Å². The van der Waals surface area contributed by atoms with Gasteiger partial charge in [0.2, 0.25) is 5.91 Å². The summed E-state index contributed by atoms with van der Waals surface area (Å²) in [7, 11) is 0. The molecule has 1 aromatic carbocycles. The molecule has 0 spiro atoms. The molecule has 0 aliphatic carbocycles. The molecule has 2 heterocycles. The summed E-state index contributed by atoms with van der Waals surface area (Å²) in [4.78, 5) is 18.8. The standard InChI is InChI=1S/C17H20N2O/c1-3-4-10-17(2)12-19(16(17)20)14-9-5-7-13-8-6-11-18-15(13)14/h5-9,11H,3-4,10,12H2,1-2H3. The Labute approximate surface area is 119 Å². The molecule has 1 fully saturated rings. The first kappa shape index (κ1) is 13.1. The zero-order valence-corrected chi connectivity index (χ0v) is 12.1. The Balaban J connectivity index is 1.89. The van der Waals surface area contributed by atoms with Crippen molar-refractivity contribution >= 4 is 22.5 Å². The van der Waals surface area contributed by atoms with Gasteiger partial charge in [0, 0.05) is 18.1 Å². The largest absolute Gasteiger partial charge is 0.309 e. The number of amides is 1. The fourth-order valence-electron chi connectivity index (χ4n) is 2.98. The first-order chi connectivity index (χ1) is 9.65. The topological polar surface area (TPSA) is 33.2 Å². The average molecular weight is 268 g/mol. The van der Waals surface area contributed by atoms with E-state index in [-0.39, 0.29) is 11.3 Å². The fourth-order valence-corrected chi connectivity index (χ4v) is 2.98. The lowest BCUT2D eigenvalue weighted by Crippen LogP contribution is -2.60. The van der Waals surface area contributed by atoms with Crippen molar-refractivity contribution in [3.63, 3.8) is 0 Å². The van der Waals surface area contributed by atoms with E-state index in [2.05, 4.69) is 18.8 Å². The smallest absolute Gasteiger partial charge is 0.234 e. The van der Waals surface area contributed by atoms with Crippen LogP contribution in [-0.2, 0) is 4.79 Å². The van der Waals surface area contributed by atoms with Crippen molar-refractivity contribution < 1.29 is 4.79 Å². The van der Waals surface area contributed by atoms with Crippen LogP contribution in [0.25, 0.3) is 10.9 Å². The second kappa shape index (κ2) is 4.89. The molecule has 1 atom stereocenters. The fraction of sp³-hybridized carbons (Fsp3) is 0.412. The number of hydrogen-bond acceptors (Lipinski definition) is 2. The zero-order valence-electron chi connectivity index (χ0n) is 12.1. The second-order valence-electron chi connectivity index (χ2n) is 5.91. The summed E-state index contributed by atoms with van der Waals surface area (Å²) >= 11 is 0. The van der Waals surface area contributed by atoms with Gasteiger partial charge in [0.15, 0.2) is 0 Å². The molecule has 0 bridgehead atoms. The van der Waals surface area contributed by atoms with E-state index in [0.717, 1.165) is 42.4 Å². The molecule has 1 aliphatic rings. The number of benzene rings is 1. The Morgan fingerprint density at radius 3 is 2.85 bits per heavy atom. The van der Waals surface area contributed by atoms with Crippen LogP contribution < -0.4 is 4.90 Å². The molecular weight excluding hydrogens is 248 g/mol. The van der Waals surface area contributed by atoms with Gasteiger partial charge in [-0.2, -0.15) is 0 Å². The number of fused-ring (bicyclic) bond motifs is 1. The van der Waals surface area contributed by atoms with E-state index >= 15 is 0 Å². The molecule has 3 heteroatoms. The predicted octanol–water partition coefficient (Wildman–Crippen LogP) is 3.78. The van der Waals surface area contributed by atoms with Crippen LogP contribution >= 0.6 is 0 Å². The van der Waals surface area contributed by atoms with E-state index in [1.54, 1.807) is 6.20 Å². The highest BCUT2D eigenvalue weighted by Gasteiger charge is 2.48. The monoisotopic (exact) mass is 268 g/mol. The summed E-state index contributed by atoms with van der Waals surface area (Å²) in [6.07, 6.45) is 5.02. The Hall–Kier alpha value is -1.90.